The van der Waals surface area contributed by atoms with Gasteiger partial charge in [0.25, 0.3) is 0 Å². The van der Waals surface area contributed by atoms with Crippen molar-refractivity contribution >= 4 is 0 Å². The SMILES string of the molecule is C=CCCc1ccc(-c2ccc(C3CCC4CC(/C=C/C)CCC4C3)c(F)c2)c(F)c1. The third-order valence-electron chi connectivity index (χ3n) is 7.54. The van der Waals surface area contributed by atoms with E-state index in [4.69, 9.17) is 0 Å². The van der Waals surface area contributed by atoms with E-state index < -0.39 is 0 Å². The van der Waals surface area contributed by atoms with E-state index in [1.54, 1.807) is 12.1 Å². The lowest BCUT2D eigenvalue weighted by molar-refractivity contribution is 0.132. The molecule has 2 fully saturated rings. The van der Waals surface area contributed by atoms with Gasteiger partial charge in [0.15, 0.2) is 0 Å². The molecule has 0 saturated heterocycles. The summed E-state index contributed by atoms with van der Waals surface area (Å²) in [5, 5.41) is 0. The van der Waals surface area contributed by atoms with Crippen LogP contribution in [0.1, 0.15) is 68.9 Å². The summed E-state index contributed by atoms with van der Waals surface area (Å²) in [6, 6.07) is 10.6. The monoisotopic (exact) mass is 420 g/mol. The van der Waals surface area contributed by atoms with Gasteiger partial charge in [0.05, 0.1) is 0 Å². The summed E-state index contributed by atoms with van der Waals surface area (Å²) in [5.41, 5.74) is 2.85. The largest absolute Gasteiger partial charge is 0.207 e. The number of rotatable bonds is 6. The van der Waals surface area contributed by atoms with Gasteiger partial charge >= 0.3 is 0 Å². The molecule has 2 aromatic rings. The van der Waals surface area contributed by atoms with Crippen molar-refractivity contribution < 1.29 is 8.78 Å². The molecule has 0 aromatic heterocycles. The first-order valence-corrected chi connectivity index (χ1v) is 11.9. The van der Waals surface area contributed by atoms with Gasteiger partial charge in [-0.1, -0.05) is 42.5 Å². The number of hydrogen-bond acceptors (Lipinski definition) is 0. The highest BCUT2D eigenvalue weighted by Crippen LogP contribution is 2.48. The molecular formula is C29H34F2. The van der Waals surface area contributed by atoms with Crippen molar-refractivity contribution in [2.45, 2.75) is 64.2 Å². The lowest BCUT2D eigenvalue weighted by Gasteiger charge is -2.42. The second-order valence-electron chi connectivity index (χ2n) is 9.51. The summed E-state index contributed by atoms with van der Waals surface area (Å²) in [6.45, 7) is 5.82. The minimum Gasteiger partial charge on any atom is -0.207 e. The quantitative estimate of drug-likeness (QED) is 0.410. The van der Waals surface area contributed by atoms with Crippen LogP contribution in [0.5, 0.6) is 0 Å². The number of allylic oxidation sites excluding steroid dienone is 3. The first kappa shape index (κ1) is 22.0. The van der Waals surface area contributed by atoms with Crippen molar-refractivity contribution in [3.63, 3.8) is 0 Å². The summed E-state index contributed by atoms with van der Waals surface area (Å²) in [5.74, 6) is 2.07. The van der Waals surface area contributed by atoms with Gasteiger partial charge in [0.2, 0.25) is 0 Å². The normalized spacial score (nSPS) is 26.0. The van der Waals surface area contributed by atoms with E-state index >= 15 is 4.39 Å². The number of halogens is 2. The molecule has 2 aliphatic carbocycles. The highest BCUT2D eigenvalue weighted by molar-refractivity contribution is 5.65. The summed E-state index contributed by atoms with van der Waals surface area (Å²) < 4.78 is 29.8. The first-order chi connectivity index (χ1) is 15.1. The van der Waals surface area contributed by atoms with Crippen molar-refractivity contribution in [3.05, 3.63) is 84.0 Å². The minimum absolute atomic E-state index is 0.182. The van der Waals surface area contributed by atoms with Crippen LogP contribution in [0.15, 0.2) is 61.2 Å². The number of hydrogen-bond donors (Lipinski definition) is 0. The maximum Gasteiger partial charge on any atom is 0.131 e. The van der Waals surface area contributed by atoms with E-state index in [0.717, 1.165) is 54.6 Å². The van der Waals surface area contributed by atoms with Crippen LogP contribution in [0.2, 0.25) is 0 Å². The molecule has 2 heteroatoms. The van der Waals surface area contributed by atoms with Crippen LogP contribution < -0.4 is 0 Å². The lowest BCUT2D eigenvalue weighted by Crippen LogP contribution is -2.30. The molecule has 2 saturated carbocycles. The summed E-state index contributed by atoms with van der Waals surface area (Å²) in [6.07, 6.45) is 15.2. The van der Waals surface area contributed by atoms with Gasteiger partial charge in [-0.25, -0.2) is 8.78 Å². The molecule has 0 amide bonds. The Morgan fingerprint density at radius 3 is 2.48 bits per heavy atom. The van der Waals surface area contributed by atoms with E-state index in [1.165, 1.54) is 31.7 Å². The van der Waals surface area contributed by atoms with E-state index in [2.05, 4.69) is 25.7 Å². The molecule has 0 nitrogen and oxygen atoms in total. The number of fused-ring (bicyclic) bond motifs is 1. The second kappa shape index (κ2) is 9.94. The van der Waals surface area contributed by atoms with Gasteiger partial charge in [0.1, 0.15) is 11.6 Å². The van der Waals surface area contributed by atoms with Gasteiger partial charge in [0, 0.05) is 5.56 Å². The molecule has 164 valence electrons. The van der Waals surface area contributed by atoms with Crippen LogP contribution in [-0.2, 0) is 6.42 Å². The molecule has 2 aromatic carbocycles. The molecule has 0 heterocycles. The van der Waals surface area contributed by atoms with Gasteiger partial charge in [-0.3, -0.25) is 0 Å². The number of benzene rings is 2. The van der Waals surface area contributed by atoms with Crippen LogP contribution in [0.25, 0.3) is 11.1 Å². The molecule has 4 rings (SSSR count). The fraction of sp³-hybridized carbons (Fsp3) is 0.448. The van der Waals surface area contributed by atoms with E-state index in [-0.39, 0.29) is 11.6 Å². The van der Waals surface area contributed by atoms with Crippen LogP contribution in [-0.4, -0.2) is 0 Å². The molecule has 0 spiro atoms. The van der Waals surface area contributed by atoms with Crippen molar-refractivity contribution in [2.75, 3.05) is 0 Å². The molecular weight excluding hydrogens is 386 g/mol. The molecule has 31 heavy (non-hydrogen) atoms. The fourth-order valence-electron chi connectivity index (χ4n) is 5.90. The Morgan fingerprint density at radius 1 is 0.935 bits per heavy atom. The molecule has 0 radical (unpaired) electrons. The van der Waals surface area contributed by atoms with Gasteiger partial charge in [-0.15, -0.1) is 6.58 Å². The maximum absolute atomic E-state index is 15.1. The maximum atomic E-state index is 15.1. The Labute approximate surface area is 186 Å². The summed E-state index contributed by atoms with van der Waals surface area (Å²) in [7, 11) is 0. The van der Waals surface area contributed by atoms with Crippen LogP contribution in [0.4, 0.5) is 8.78 Å². The lowest BCUT2D eigenvalue weighted by atomic mass is 9.64. The highest BCUT2D eigenvalue weighted by Gasteiger charge is 2.36. The van der Waals surface area contributed by atoms with Crippen molar-refractivity contribution in [3.8, 4) is 11.1 Å². The van der Waals surface area contributed by atoms with E-state index in [0.29, 0.717) is 17.0 Å². The van der Waals surface area contributed by atoms with Gasteiger partial charge in [-0.2, -0.15) is 0 Å². The van der Waals surface area contributed by atoms with Crippen molar-refractivity contribution in [2.24, 2.45) is 17.8 Å². The smallest absolute Gasteiger partial charge is 0.131 e. The highest BCUT2D eigenvalue weighted by atomic mass is 19.1. The summed E-state index contributed by atoms with van der Waals surface area (Å²) in [4.78, 5) is 0. The van der Waals surface area contributed by atoms with Crippen LogP contribution >= 0.6 is 0 Å². The van der Waals surface area contributed by atoms with Gasteiger partial charge in [-0.05, 0) is 111 Å². The molecule has 0 aliphatic heterocycles. The molecule has 0 bridgehead atoms. The average Bonchev–Trinajstić information content (AvgIpc) is 2.77. The van der Waals surface area contributed by atoms with Crippen molar-refractivity contribution in [1.29, 1.82) is 0 Å². The Morgan fingerprint density at radius 2 is 1.74 bits per heavy atom. The minimum atomic E-state index is -0.285. The Hall–Kier alpha value is -2.22. The third-order valence-corrected chi connectivity index (χ3v) is 7.54. The Bertz CT molecular complexity index is 942. The second-order valence-corrected chi connectivity index (χ2v) is 9.51. The topological polar surface area (TPSA) is 0 Å². The zero-order chi connectivity index (χ0) is 21.8. The van der Waals surface area contributed by atoms with E-state index in [1.807, 2.05) is 24.3 Å². The predicted octanol–water partition coefficient (Wildman–Crippen LogP) is 8.63. The average molecular weight is 421 g/mol. The van der Waals surface area contributed by atoms with Gasteiger partial charge < -0.3 is 0 Å². The Kier molecular flexibility index (Phi) is 7.05. The van der Waals surface area contributed by atoms with Crippen LogP contribution in [0, 0.1) is 29.4 Å². The first-order valence-electron chi connectivity index (χ1n) is 11.9. The van der Waals surface area contributed by atoms with Crippen molar-refractivity contribution in [1.82, 2.24) is 0 Å². The molecule has 4 atom stereocenters. The standard InChI is InChI=1S/C29H34F2/c1-3-5-7-21-9-14-26(28(30)17-21)25-13-15-27(29(31)19-25)24-12-11-22-16-20(6-4-2)8-10-23(22)18-24/h3-4,6,9,13-15,17,19-20,22-24H,1,5,7-8,10-12,16,18H2,2H3/b6-4+. The fourth-order valence-corrected chi connectivity index (χ4v) is 5.90. The Balaban J connectivity index is 1.47. The zero-order valence-electron chi connectivity index (χ0n) is 18.6. The molecule has 0 N–H and O–H groups in total. The molecule has 2 aliphatic rings. The summed E-state index contributed by atoms with van der Waals surface area (Å²) >= 11 is 0. The molecule has 4 unspecified atom stereocenters. The third kappa shape index (κ3) is 5.00. The number of aryl methyl sites for hydroxylation is 1. The van der Waals surface area contributed by atoms with Crippen LogP contribution in [0.3, 0.4) is 0 Å². The zero-order valence-corrected chi connectivity index (χ0v) is 18.6. The van der Waals surface area contributed by atoms with E-state index in [9.17, 15) is 4.39 Å². The predicted molar refractivity (Wildman–Crippen MR) is 126 cm³/mol.